The summed E-state index contributed by atoms with van der Waals surface area (Å²) in [4.78, 5) is 45.1. The zero-order valence-corrected chi connectivity index (χ0v) is 28.2. The SMILES string of the molecule is Cc1ccc(OC(=O)N2CCN(C(=O)[C@@H]3NCCC[C@@H]3CCC[N+](C)(C)C)C(C(=O)NCc3cccs3)C2)c(Cl)c1C.[Cl-]. The lowest BCUT2D eigenvalue weighted by atomic mass is 9.85. The predicted octanol–water partition coefficient (Wildman–Crippen LogP) is 1.20. The molecule has 4 rings (SSSR count). The van der Waals surface area contributed by atoms with E-state index in [4.69, 9.17) is 16.3 Å². The molecular formula is C31H45Cl2N5O4S. The van der Waals surface area contributed by atoms with Gasteiger partial charge in [0.05, 0.1) is 51.8 Å². The number of piperidine rings is 1. The first kappa shape index (κ1) is 35.1. The zero-order valence-electron chi connectivity index (χ0n) is 25.8. The molecule has 12 heteroatoms. The van der Waals surface area contributed by atoms with Gasteiger partial charge < -0.3 is 42.1 Å². The van der Waals surface area contributed by atoms with Gasteiger partial charge in [-0.2, -0.15) is 0 Å². The molecule has 2 aliphatic rings. The third-order valence-corrected chi connectivity index (χ3v) is 9.66. The van der Waals surface area contributed by atoms with Crippen molar-refractivity contribution in [1.82, 2.24) is 20.4 Å². The van der Waals surface area contributed by atoms with Gasteiger partial charge in [0.25, 0.3) is 0 Å². The minimum absolute atomic E-state index is 0. The number of hydrogen-bond donors (Lipinski definition) is 2. The Morgan fingerprint density at radius 1 is 1.16 bits per heavy atom. The maximum Gasteiger partial charge on any atom is 0.415 e. The minimum atomic E-state index is -0.829. The van der Waals surface area contributed by atoms with Crippen molar-refractivity contribution in [1.29, 1.82) is 0 Å². The number of nitrogens with zero attached hydrogens (tertiary/aromatic N) is 3. The summed E-state index contributed by atoms with van der Waals surface area (Å²) in [5.41, 5.74) is 1.85. The van der Waals surface area contributed by atoms with Crippen LogP contribution in [-0.4, -0.2) is 98.1 Å². The number of thiophene rings is 1. The lowest BCUT2D eigenvalue weighted by Crippen LogP contribution is -3.00. The zero-order chi connectivity index (χ0) is 30.4. The van der Waals surface area contributed by atoms with E-state index < -0.39 is 12.1 Å². The van der Waals surface area contributed by atoms with Crippen molar-refractivity contribution in [3.63, 3.8) is 0 Å². The largest absolute Gasteiger partial charge is 1.00 e. The van der Waals surface area contributed by atoms with E-state index in [1.54, 1.807) is 22.3 Å². The van der Waals surface area contributed by atoms with Crippen LogP contribution in [0.5, 0.6) is 5.75 Å². The smallest absolute Gasteiger partial charge is 0.415 e. The molecule has 2 N–H and O–H groups in total. The first-order valence-corrected chi connectivity index (χ1v) is 16.1. The lowest BCUT2D eigenvalue weighted by molar-refractivity contribution is -0.870. The van der Waals surface area contributed by atoms with Gasteiger partial charge in [0.15, 0.2) is 5.75 Å². The van der Waals surface area contributed by atoms with E-state index in [0.29, 0.717) is 11.6 Å². The van der Waals surface area contributed by atoms with Crippen LogP contribution < -0.4 is 27.8 Å². The molecule has 0 saturated carbocycles. The number of amides is 3. The van der Waals surface area contributed by atoms with Gasteiger partial charge in [-0.15, -0.1) is 11.3 Å². The summed E-state index contributed by atoms with van der Waals surface area (Å²) in [5, 5.41) is 8.81. The van der Waals surface area contributed by atoms with E-state index in [2.05, 4.69) is 31.8 Å². The number of carbonyl (C=O) groups excluding carboxylic acids is 3. The summed E-state index contributed by atoms with van der Waals surface area (Å²) < 4.78 is 6.56. The molecule has 43 heavy (non-hydrogen) atoms. The summed E-state index contributed by atoms with van der Waals surface area (Å²) in [5.74, 6) is 0.148. The molecule has 0 radical (unpaired) electrons. The fourth-order valence-corrected chi connectivity index (χ4v) is 6.59. The minimum Gasteiger partial charge on any atom is -1.00 e. The van der Waals surface area contributed by atoms with Crippen molar-refractivity contribution >= 4 is 40.8 Å². The van der Waals surface area contributed by atoms with Gasteiger partial charge in [0.1, 0.15) is 6.04 Å². The van der Waals surface area contributed by atoms with Gasteiger partial charge in [-0.3, -0.25) is 9.59 Å². The molecule has 1 unspecified atom stereocenters. The van der Waals surface area contributed by atoms with E-state index in [-0.39, 0.29) is 61.6 Å². The number of halogens is 2. The van der Waals surface area contributed by atoms with Crippen molar-refractivity contribution in [3.8, 4) is 5.75 Å². The van der Waals surface area contributed by atoms with Gasteiger partial charge in [0, 0.05) is 18.0 Å². The van der Waals surface area contributed by atoms with Gasteiger partial charge in [-0.1, -0.05) is 23.7 Å². The summed E-state index contributed by atoms with van der Waals surface area (Å²) in [7, 11) is 6.54. The quantitative estimate of drug-likeness (QED) is 0.397. The van der Waals surface area contributed by atoms with Gasteiger partial charge >= 0.3 is 6.09 Å². The normalized spacial score (nSPS) is 20.7. The third kappa shape index (κ3) is 9.31. The van der Waals surface area contributed by atoms with Crippen LogP contribution in [0.2, 0.25) is 5.02 Å². The summed E-state index contributed by atoms with van der Waals surface area (Å²) >= 11 is 8.01. The lowest BCUT2D eigenvalue weighted by Gasteiger charge is -2.43. The molecule has 0 spiro atoms. The molecule has 2 fully saturated rings. The second-order valence-corrected chi connectivity index (χ2v) is 13.9. The van der Waals surface area contributed by atoms with E-state index in [1.165, 1.54) is 4.90 Å². The molecule has 3 amide bonds. The molecule has 0 bridgehead atoms. The van der Waals surface area contributed by atoms with Crippen LogP contribution in [-0.2, 0) is 16.1 Å². The van der Waals surface area contributed by atoms with E-state index in [9.17, 15) is 14.4 Å². The highest BCUT2D eigenvalue weighted by molar-refractivity contribution is 7.09. The molecule has 2 aliphatic heterocycles. The van der Waals surface area contributed by atoms with Gasteiger partial charge in [-0.05, 0) is 80.6 Å². The maximum absolute atomic E-state index is 14.1. The number of nitrogens with one attached hydrogen (secondary N) is 2. The second kappa shape index (κ2) is 15.6. The number of hydrogen-bond acceptors (Lipinski definition) is 6. The second-order valence-electron chi connectivity index (χ2n) is 12.5. The van der Waals surface area contributed by atoms with Gasteiger partial charge in [-0.25, -0.2) is 4.79 Å². The standard InChI is InChI=1S/C31H44ClN5O4S.ClH/c1-21-12-13-26(27(32)22(21)2)41-31(40)35-15-16-36(25(20-35)29(38)34-19-24-11-8-18-42-24)30(39)28-23(9-6-14-33-28)10-7-17-37(3,4)5;/h8,11-13,18,23,25,28,33H,6-7,9-10,14-17,19-20H2,1-5H3;1H/t23-,25?,28-;/m1./s1. The number of piperazine rings is 1. The average Bonchev–Trinajstić information content (AvgIpc) is 3.49. The Hall–Kier alpha value is -2.37. The molecule has 0 aliphatic carbocycles. The first-order chi connectivity index (χ1) is 19.9. The van der Waals surface area contributed by atoms with Crippen molar-refractivity contribution in [2.75, 3.05) is 53.9 Å². The molecule has 238 valence electrons. The van der Waals surface area contributed by atoms with Crippen molar-refractivity contribution < 1.29 is 36.0 Å². The molecule has 1 aromatic heterocycles. The van der Waals surface area contributed by atoms with Crippen LogP contribution >= 0.6 is 22.9 Å². The van der Waals surface area contributed by atoms with Gasteiger partial charge in [0.2, 0.25) is 11.8 Å². The number of rotatable bonds is 9. The highest BCUT2D eigenvalue weighted by atomic mass is 35.5. The summed E-state index contributed by atoms with van der Waals surface area (Å²) in [6.45, 7) is 6.56. The summed E-state index contributed by atoms with van der Waals surface area (Å²) in [6.07, 6.45) is 3.42. The van der Waals surface area contributed by atoms with E-state index in [0.717, 1.165) is 59.3 Å². The van der Waals surface area contributed by atoms with Crippen molar-refractivity contribution in [2.24, 2.45) is 5.92 Å². The third-order valence-electron chi connectivity index (χ3n) is 8.32. The van der Waals surface area contributed by atoms with Crippen molar-refractivity contribution in [2.45, 2.75) is 58.2 Å². The number of ether oxygens (including phenoxy) is 1. The predicted molar refractivity (Wildman–Crippen MR) is 167 cm³/mol. The van der Waals surface area contributed by atoms with Crippen LogP contribution in [0.1, 0.15) is 41.7 Å². The average molecular weight is 655 g/mol. The van der Waals surface area contributed by atoms with Crippen LogP contribution in [0, 0.1) is 19.8 Å². The Balaban J connectivity index is 0.00000506. The van der Waals surface area contributed by atoms with Crippen LogP contribution in [0.25, 0.3) is 0 Å². The number of aryl methyl sites for hydroxylation is 1. The van der Waals surface area contributed by atoms with E-state index >= 15 is 0 Å². The summed E-state index contributed by atoms with van der Waals surface area (Å²) in [6, 6.07) is 6.26. The topological polar surface area (TPSA) is 91.0 Å². The molecule has 3 heterocycles. The van der Waals surface area contributed by atoms with Crippen molar-refractivity contribution in [3.05, 3.63) is 50.7 Å². The Labute approximate surface area is 270 Å². The molecule has 9 nitrogen and oxygen atoms in total. The molecule has 1 aromatic carbocycles. The molecule has 2 saturated heterocycles. The number of carbonyl (C=O) groups is 3. The molecule has 3 atom stereocenters. The van der Waals surface area contributed by atoms with E-state index in [1.807, 2.05) is 37.4 Å². The van der Waals surface area contributed by atoms with Crippen LogP contribution in [0.3, 0.4) is 0 Å². The highest BCUT2D eigenvalue weighted by Gasteiger charge is 2.42. The highest BCUT2D eigenvalue weighted by Crippen LogP contribution is 2.31. The van der Waals surface area contributed by atoms with Crippen LogP contribution in [0.4, 0.5) is 4.79 Å². The van der Waals surface area contributed by atoms with Crippen LogP contribution in [0.15, 0.2) is 29.6 Å². The monoisotopic (exact) mass is 653 g/mol. The fraction of sp³-hybridized carbons (Fsp3) is 0.581. The number of benzene rings is 1. The first-order valence-electron chi connectivity index (χ1n) is 14.8. The molecule has 2 aromatic rings. The Bertz CT molecular complexity index is 1250. The maximum atomic E-state index is 14.1. The number of quaternary nitrogens is 1. The Morgan fingerprint density at radius 2 is 1.93 bits per heavy atom. The molecular weight excluding hydrogens is 609 g/mol. The fourth-order valence-electron chi connectivity index (χ4n) is 5.70. The Kier molecular flexibility index (Phi) is 12.7. The Morgan fingerprint density at radius 3 is 2.63 bits per heavy atom.